The van der Waals surface area contributed by atoms with Crippen LogP contribution in [0, 0.1) is 3.57 Å². The number of alkyl halides is 3. The maximum atomic E-state index is 12.6. The predicted molar refractivity (Wildman–Crippen MR) is 63.4 cm³/mol. The molecule has 0 aliphatic rings. The molecule has 0 radical (unpaired) electrons. The molecule has 1 atom stereocenters. The highest BCUT2D eigenvalue weighted by Gasteiger charge is 2.21. The summed E-state index contributed by atoms with van der Waals surface area (Å²) >= 11 is 7.76. The van der Waals surface area contributed by atoms with E-state index in [1.807, 2.05) is 22.6 Å². The third kappa shape index (κ3) is 3.11. The van der Waals surface area contributed by atoms with Gasteiger partial charge in [0.25, 0.3) is 6.43 Å². The first-order chi connectivity index (χ1) is 6.93. The van der Waals surface area contributed by atoms with Crippen LogP contribution in [0.15, 0.2) is 18.2 Å². The van der Waals surface area contributed by atoms with Crippen LogP contribution in [-0.4, -0.2) is 5.78 Å². The average Bonchev–Trinajstić information content (AvgIpc) is 2.15. The quantitative estimate of drug-likeness (QED) is 0.596. The van der Waals surface area contributed by atoms with Gasteiger partial charge in [-0.15, -0.1) is 11.6 Å². The van der Waals surface area contributed by atoms with E-state index in [1.165, 1.54) is 19.1 Å². The van der Waals surface area contributed by atoms with Gasteiger partial charge in [-0.2, -0.15) is 0 Å². The van der Waals surface area contributed by atoms with Crippen LogP contribution < -0.4 is 0 Å². The van der Waals surface area contributed by atoms with Crippen LogP contribution >= 0.6 is 34.2 Å². The molecule has 1 unspecified atom stereocenters. The predicted octanol–water partition coefficient (Wildman–Crippen LogP) is 4.10. The fraction of sp³-hybridized carbons (Fsp3) is 0.300. The number of benzene rings is 1. The van der Waals surface area contributed by atoms with E-state index in [1.54, 1.807) is 6.07 Å². The zero-order chi connectivity index (χ0) is 11.6. The minimum absolute atomic E-state index is 0.175. The lowest BCUT2D eigenvalue weighted by atomic mass is 10.0. The smallest absolute Gasteiger partial charge is 0.264 e. The Bertz CT molecular complexity index is 382. The normalized spacial score (nSPS) is 12.9. The first kappa shape index (κ1) is 12.8. The van der Waals surface area contributed by atoms with Crippen molar-refractivity contribution in [2.45, 2.75) is 18.7 Å². The van der Waals surface area contributed by atoms with Gasteiger partial charge in [-0.05, 0) is 47.2 Å². The molecule has 1 rings (SSSR count). The number of carbonyl (C=O) groups excluding carboxylic acids is 1. The highest BCUT2D eigenvalue weighted by Crippen LogP contribution is 2.32. The molecule has 0 saturated heterocycles. The summed E-state index contributed by atoms with van der Waals surface area (Å²) in [4.78, 5) is 11.1. The fourth-order valence-corrected chi connectivity index (χ4v) is 1.89. The van der Waals surface area contributed by atoms with Crippen molar-refractivity contribution >= 4 is 40.0 Å². The Morgan fingerprint density at radius 3 is 2.47 bits per heavy atom. The molecular formula is C10H8ClF2IO. The van der Waals surface area contributed by atoms with Crippen LogP contribution in [0.2, 0.25) is 0 Å². The Hall–Kier alpha value is -0.230. The molecule has 15 heavy (non-hydrogen) atoms. The van der Waals surface area contributed by atoms with Crippen LogP contribution in [0.5, 0.6) is 0 Å². The van der Waals surface area contributed by atoms with Crippen molar-refractivity contribution in [2.24, 2.45) is 0 Å². The van der Waals surface area contributed by atoms with E-state index in [2.05, 4.69) is 0 Å². The molecule has 0 aromatic heterocycles. The minimum atomic E-state index is -2.61. The number of rotatable bonds is 3. The molecular weight excluding hydrogens is 336 g/mol. The van der Waals surface area contributed by atoms with Crippen molar-refractivity contribution in [1.29, 1.82) is 0 Å². The van der Waals surface area contributed by atoms with Gasteiger partial charge in [-0.25, -0.2) is 8.78 Å². The van der Waals surface area contributed by atoms with E-state index < -0.39 is 11.8 Å². The van der Waals surface area contributed by atoms with Gasteiger partial charge in [0.2, 0.25) is 0 Å². The van der Waals surface area contributed by atoms with Gasteiger partial charge < -0.3 is 0 Å². The monoisotopic (exact) mass is 344 g/mol. The largest absolute Gasteiger partial charge is 0.298 e. The Morgan fingerprint density at radius 2 is 2.00 bits per heavy atom. The Labute approximate surface area is 105 Å². The van der Waals surface area contributed by atoms with E-state index in [9.17, 15) is 13.6 Å². The molecule has 0 aliphatic carbocycles. The van der Waals surface area contributed by atoms with Crippen LogP contribution in [0.1, 0.15) is 29.9 Å². The molecule has 0 spiro atoms. The Balaban J connectivity index is 3.24. The van der Waals surface area contributed by atoms with Gasteiger partial charge in [0.05, 0.1) is 0 Å². The lowest BCUT2D eigenvalue weighted by Gasteiger charge is -2.12. The van der Waals surface area contributed by atoms with E-state index in [0.29, 0.717) is 0 Å². The molecule has 0 fully saturated rings. The number of hydrogen-bond donors (Lipinski definition) is 0. The van der Waals surface area contributed by atoms with E-state index in [-0.39, 0.29) is 16.9 Å². The highest BCUT2D eigenvalue weighted by molar-refractivity contribution is 14.1. The summed E-state index contributed by atoms with van der Waals surface area (Å²) in [6.45, 7) is 1.28. The van der Waals surface area contributed by atoms with Crippen LogP contribution in [0.25, 0.3) is 0 Å². The van der Waals surface area contributed by atoms with Gasteiger partial charge in [0, 0.05) is 9.13 Å². The summed E-state index contributed by atoms with van der Waals surface area (Å²) in [6.07, 6.45) is -2.61. The second-order valence-corrected chi connectivity index (χ2v) is 4.73. The number of carbonyl (C=O) groups is 1. The number of hydrogen-bond acceptors (Lipinski definition) is 1. The molecule has 0 N–H and O–H groups in total. The van der Waals surface area contributed by atoms with E-state index >= 15 is 0 Å². The topological polar surface area (TPSA) is 17.1 Å². The SMILES string of the molecule is CC(=O)C(Cl)c1cc(I)ccc1C(F)F. The summed E-state index contributed by atoms with van der Waals surface area (Å²) in [6, 6.07) is 4.39. The maximum Gasteiger partial charge on any atom is 0.264 e. The molecule has 0 bridgehead atoms. The summed E-state index contributed by atoms with van der Waals surface area (Å²) in [5, 5.41) is -0.997. The van der Waals surface area contributed by atoms with Gasteiger partial charge >= 0.3 is 0 Å². The van der Waals surface area contributed by atoms with Crippen molar-refractivity contribution in [3.8, 4) is 0 Å². The maximum absolute atomic E-state index is 12.6. The molecule has 1 aromatic rings. The van der Waals surface area contributed by atoms with Crippen LogP contribution in [-0.2, 0) is 4.79 Å². The number of ketones is 1. The standard InChI is InChI=1S/C10H8ClF2IO/c1-5(15)9(11)8-4-6(14)2-3-7(8)10(12)13/h2-4,9-10H,1H3. The van der Waals surface area contributed by atoms with Crippen molar-refractivity contribution in [1.82, 2.24) is 0 Å². The molecule has 0 aliphatic heterocycles. The van der Waals surface area contributed by atoms with Crippen molar-refractivity contribution in [3.63, 3.8) is 0 Å². The van der Waals surface area contributed by atoms with Gasteiger partial charge in [0.1, 0.15) is 5.38 Å². The second-order valence-electron chi connectivity index (χ2n) is 3.05. The minimum Gasteiger partial charge on any atom is -0.298 e. The molecule has 1 aromatic carbocycles. The van der Waals surface area contributed by atoms with Gasteiger partial charge in [-0.3, -0.25) is 4.79 Å². The fourth-order valence-electron chi connectivity index (χ4n) is 1.18. The van der Waals surface area contributed by atoms with Crippen LogP contribution in [0.3, 0.4) is 0 Å². The average molecular weight is 345 g/mol. The van der Waals surface area contributed by atoms with Crippen molar-refractivity contribution in [3.05, 3.63) is 32.9 Å². The number of halogens is 4. The molecule has 82 valence electrons. The first-order valence-corrected chi connectivity index (χ1v) is 5.67. The van der Waals surface area contributed by atoms with Crippen LogP contribution in [0.4, 0.5) is 8.78 Å². The molecule has 0 heterocycles. The van der Waals surface area contributed by atoms with Crippen molar-refractivity contribution in [2.75, 3.05) is 0 Å². The highest BCUT2D eigenvalue weighted by atomic mass is 127. The zero-order valence-corrected chi connectivity index (χ0v) is 10.7. The Morgan fingerprint density at radius 1 is 1.40 bits per heavy atom. The first-order valence-electron chi connectivity index (χ1n) is 4.15. The molecule has 0 amide bonds. The number of Topliss-reactive ketones (excluding diaryl/α,β-unsaturated/α-hetero) is 1. The summed E-state index contributed by atoms with van der Waals surface area (Å²) in [5.74, 6) is -0.333. The Kier molecular flexibility index (Phi) is 4.45. The second kappa shape index (κ2) is 5.21. The summed E-state index contributed by atoms with van der Waals surface area (Å²) < 4.78 is 26.0. The van der Waals surface area contributed by atoms with Gasteiger partial charge in [-0.1, -0.05) is 6.07 Å². The van der Waals surface area contributed by atoms with E-state index in [0.717, 1.165) is 3.57 Å². The van der Waals surface area contributed by atoms with Crippen molar-refractivity contribution < 1.29 is 13.6 Å². The third-order valence-electron chi connectivity index (χ3n) is 1.91. The lowest BCUT2D eigenvalue weighted by Crippen LogP contribution is -2.06. The molecule has 1 nitrogen and oxygen atoms in total. The third-order valence-corrected chi connectivity index (χ3v) is 3.13. The van der Waals surface area contributed by atoms with E-state index in [4.69, 9.17) is 11.6 Å². The zero-order valence-electron chi connectivity index (χ0n) is 7.81. The molecule has 0 saturated carbocycles. The van der Waals surface area contributed by atoms with Gasteiger partial charge in [0.15, 0.2) is 5.78 Å². The lowest BCUT2D eigenvalue weighted by molar-refractivity contribution is -0.116. The summed E-state index contributed by atoms with van der Waals surface area (Å²) in [5.41, 5.74) is 0.0247. The molecule has 5 heteroatoms. The summed E-state index contributed by atoms with van der Waals surface area (Å²) in [7, 11) is 0.